The first-order valence-corrected chi connectivity index (χ1v) is 8.28. The van der Waals surface area contributed by atoms with E-state index in [2.05, 4.69) is 0 Å². The maximum atomic E-state index is 11.9. The van der Waals surface area contributed by atoms with Gasteiger partial charge in [-0.15, -0.1) is 0 Å². The molecule has 0 heterocycles. The Kier molecular flexibility index (Phi) is 5.04. The number of carbonyl (C=O) groups excluding carboxylic acids is 2. The van der Waals surface area contributed by atoms with E-state index in [0.717, 1.165) is 32.7 Å². The van der Waals surface area contributed by atoms with E-state index >= 15 is 0 Å². The zero-order chi connectivity index (χ0) is 14.5. The Morgan fingerprint density at radius 3 is 1.25 bits per heavy atom. The largest absolute Gasteiger partial charge is 0.281 e. The molecule has 0 radical (unpaired) electrons. The van der Waals surface area contributed by atoms with Crippen molar-refractivity contribution in [1.29, 1.82) is 0 Å². The van der Waals surface area contributed by atoms with Gasteiger partial charge in [0.1, 0.15) is 0 Å². The zero-order valence-corrected chi connectivity index (χ0v) is 12.9. The van der Waals surface area contributed by atoms with E-state index < -0.39 is 0 Å². The van der Waals surface area contributed by atoms with Crippen LogP contribution in [-0.2, 0) is 0 Å². The quantitative estimate of drug-likeness (QED) is 0.755. The van der Waals surface area contributed by atoms with Gasteiger partial charge in [-0.25, -0.2) is 0 Å². The number of hydrogen-bond donors (Lipinski definition) is 0. The van der Waals surface area contributed by atoms with Crippen LogP contribution in [0.25, 0.3) is 0 Å². The van der Waals surface area contributed by atoms with Crippen molar-refractivity contribution in [3.63, 3.8) is 0 Å². The lowest BCUT2D eigenvalue weighted by Crippen LogP contribution is -1.95. The van der Waals surface area contributed by atoms with E-state index in [0.29, 0.717) is 11.1 Å². The molecule has 0 fully saturated rings. The van der Waals surface area contributed by atoms with Gasteiger partial charge in [0.2, 0.25) is 10.2 Å². The minimum Gasteiger partial charge on any atom is -0.281 e. The van der Waals surface area contributed by atoms with Gasteiger partial charge in [0.25, 0.3) is 0 Å². The van der Waals surface area contributed by atoms with Gasteiger partial charge in [-0.05, 0) is 35.4 Å². The number of rotatable bonds is 2. The highest BCUT2D eigenvalue weighted by Gasteiger charge is 2.12. The Hall–Kier alpha value is -1.52. The standard InChI is InChI=1S/C16H14O2S2/c1-11-3-7-13(8-4-11)15(17)19-20-16(18)14-9-5-12(2)6-10-14/h3-10H,1-2H3. The molecule has 0 N–H and O–H groups in total. The second-order valence-corrected chi connectivity index (χ2v) is 6.55. The van der Waals surface area contributed by atoms with E-state index in [-0.39, 0.29) is 10.2 Å². The third-order valence-electron chi connectivity index (χ3n) is 2.77. The van der Waals surface area contributed by atoms with Gasteiger partial charge >= 0.3 is 0 Å². The van der Waals surface area contributed by atoms with Gasteiger partial charge < -0.3 is 0 Å². The SMILES string of the molecule is Cc1ccc(C(=O)SSC(=O)c2ccc(C)cc2)cc1. The molecule has 0 aliphatic heterocycles. The van der Waals surface area contributed by atoms with Crippen molar-refractivity contribution >= 4 is 31.8 Å². The van der Waals surface area contributed by atoms with E-state index in [1.165, 1.54) is 0 Å². The molecule has 0 spiro atoms. The Bertz CT molecular complexity index is 558. The van der Waals surface area contributed by atoms with Crippen molar-refractivity contribution < 1.29 is 9.59 Å². The van der Waals surface area contributed by atoms with E-state index in [1.54, 1.807) is 24.3 Å². The molecule has 0 aromatic heterocycles. The van der Waals surface area contributed by atoms with Gasteiger partial charge in [0.05, 0.1) is 0 Å². The Morgan fingerprint density at radius 2 is 0.950 bits per heavy atom. The summed E-state index contributed by atoms with van der Waals surface area (Å²) < 4.78 is 0. The molecule has 102 valence electrons. The molecule has 0 atom stereocenters. The third-order valence-corrected chi connectivity index (χ3v) is 4.78. The van der Waals surface area contributed by atoms with E-state index in [9.17, 15) is 9.59 Å². The summed E-state index contributed by atoms with van der Waals surface area (Å²) in [5, 5.41) is -0.203. The molecule has 0 bridgehead atoms. The number of carbonyl (C=O) groups is 2. The van der Waals surface area contributed by atoms with Crippen LogP contribution in [-0.4, -0.2) is 10.2 Å². The van der Waals surface area contributed by atoms with Crippen LogP contribution in [0.15, 0.2) is 48.5 Å². The molecule has 2 nitrogen and oxygen atoms in total. The van der Waals surface area contributed by atoms with Crippen LogP contribution < -0.4 is 0 Å². The van der Waals surface area contributed by atoms with Gasteiger partial charge in [-0.3, -0.25) is 9.59 Å². The monoisotopic (exact) mass is 302 g/mol. The molecule has 20 heavy (non-hydrogen) atoms. The zero-order valence-electron chi connectivity index (χ0n) is 11.3. The van der Waals surface area contributed by atoms with Gasteiger partial charge in [0.15, 0.2) is 0 Å². The summed E-state index contributed by atoms with van der Waals surface area (Å²) in [5.41, 5.74) is 3.44. The molecule has 0 aliphatic carbocycles. The number of hydrogen-bond acceptors (Lipinski definition) is 4. The lowest BCUT2D eigenvalue weighted by atomic mass is 10.2. The van der Waals surface area contributed by atoms with Crippen LogP contribution in [0.5, 0.6) is 0 Å². The molecule has 0 amide bonds. The summed E-state index contributed by atoms with van der Waals surface area (Å²) in [4.78, 5) is 23.9. The molecule has 0 saturated heterocycles. The van der Waals surface area contributed by atoms with Crippen molar-refractivity contribution in [2.24, 2.45) is 0 Å². The lowest BCUT2D eigenvalue weighted by Gasteiger charge is -2.01. The fourth-order valence-electron chi connectivity index (χ4n) is 1.55. The minimum absolute atomic E-state index is 0.101. The van der Waals surface area contributed by atoms with Crippen molar-refractivity contribution in [3.05, 3.63) is 70.8 Å². The summed E-state index contributed by atoms with van der Waals surface area (Å²) in [6.07, 6.45) is 0. The van der Waals surface area contributed by atoms with Gasteiger partial charge in [-0.2, -0.15) is 0 Å². The molecule has 2 aromatic rings. The molecule has 0 aliphatic rings. The predicted octanol–water partition coefficient (Wildman–Crippen LogP) is 4.67. The van der Waals surface area contributed by atoms with Gasteiger partial charge in [-0.1, -0.05) is 59.7 Å². The summed E-state index contributed by atoms with van der Waals surface area (Å²) in [7, 11) is 1.94. The first-order chi connectivity index (χ1) is 9.56. The van der Waals surface area contributed by atoms with Crippen molar-refractivity contribution in [2.75, 3.05) is 0 Å². The maximum absolute atomic E-state index is 11.9. The average molecular weight is 302 g/mol. The normalized spacial score (nSPS) is 10.3. The van der Waals surface area contributed by atoms with Crippen LogP contribution in [0, 0.1) is 13.8 Å². The highest BCUT2D eigenvalue weighted by molar-refractivity contribution is 8.87. The van der Waals surface area contributed by atoms with Crippen LogP contribution >= 0.6 is 21.6 Å². The number of aryl methyl sites for hydroxylation is 2. The second-order valence-electron chi connectivity index (χ2n) is 4.47. The maximum Gasteiger partial charge on any atom is 0.230 e. The fraction of sp³-hybridized carbons (Fsp3) is 0.125. The van der Waals surface area contributed by atoms with Crippen molar-refractivity contribution in [2.45, 2.75) is 13.8 Å². The molecule has 2 rings (SSSR count). The minimum atomic E-state index is -0.101. The fourth-order valence-corrected chi connectivity index (χ4v) is 3.20. The van der Waals surface area contributed by atoms with Gasteiger partial charge in [0, 0.05) is 11.1 Å². The summed E-state index contributed by atoms with van der Waals surface area (Å²) in [5.74, 6) is 0. The smallest absolute Gasteiger partial charge is 0.230 e. The highest BCUT2D eigenvalue weighted by Crippen LogP contribution is 2.29. The molecule has 2 aromatic carbocycles. The second kappa shape index (κ2) is 6.77. The Labute approximate surface area is 126 Å². The van der Waals surface area contributed by atoms with Crippen LogP contribution in [0.1, 0.15) is 31.8 Å². The van der Waals surface area contributed by atoms with Crippen molar-refractivity contribution in [3.8, 4) is 0 Å². The van der Waals surface area contributed by atoms with Crippen molar-refractivity contribution in [1.82, 2.24) is 0 Å². The summed E-state index contributed by atoms with van der Waals surface area (Å²) in [6, 6.07) is 14.7. The molecular formula is C16H14O2S2. The highest BCUT2D eigenvalue weighted by atomic mass is 33.1. The summed E-state index contributed by atoms with van der Waals surface area (Å²) in [6.45, 7) is 3.94. The molecule has 0 saturated carbocycles. The molecular weight excluding hydrogens is 288 g/mol. The predicted molar refractivity (Wildman–Crippen MR) is 86.2 cm³/mol. The van der Waals surface area contributed by atoms with Crippen LogP contribution in [0.3, 0.4) is 0 Å². The summed E-state index contributed by atoms with van der Waals surface area (Å²) >= 11 is 0. The topological polar surface area (TPSA) is 34.1 Å². The Balaban J connectivity index is 1.94. The lowest BCUT2D eigenvalue weighted by molar-refractivity contribution is 0.107. The Morgan fingerprint density at radius 1 is 0.650 bits per heavy atom. The average Bonchev–Trinajstić information content (AvgIpc) is 2.46. The van der Waals surface area contributed by atoms with Crippen LogP contribution in [0.4, 0.5) is 0 Å². The first-order valence-electron chi connectivity index (χ1n) is 6.13. The van der Waals surface area contributed by atoms with Crippen LogP contribution in [0.2, 0.25) is 0 Å². The third kappa shape index (κ3) is 3.99. The molecule has 0 unspecified atom stereocenters. The van der Waals surface area contributed by atoms with E-state index in [1.807, 2.05) is 38.1 Å². The van der Waals surface area contributed by atoms with E-state index in [4.69, 9.17) is 0 Å². The first kappa shape index (κ1) is 14.9. The number of benzene rings is 2. The molecule has 4 heteroatoms.